The number of benzene rings is 1. The van der Waals surface area contributed by atoms with Gasteiger partial charge in [0.05, 0.1) is 11.8 Å². The normalized spacial score (nSPS) is 18.2. The van der Waals surface area contributed by atoms with Crippen molar-refractivity contribution < 1.29 is 9.50 Å². The molecule has 2 rings (SSSR count). The molecule has 0 radical (unpaired) electrons. The van der Waals surface area contributed by atoms with Crippen LogP contribution in [0.15, 0.2) is 22.7 Å². The number of hydrogen-bond donors (Lipinski definition) is 1. The number of anilines is 1. The Morgan fingerprint density at radius 2 is 2.00 bits per heavy atom. The summed E-state index contributed by atoms with van der Waals surface area (Å²) in [5, 5.41) is 9.38. The molecule has 1 aliphatic heterocycles. The van der Waals surface area contributed by atoms with Gasteiger partial charge < -0.3 is 10.0 Å². The van der Waals surface area contributed by atoms with Gasteiger partial charge in [0.15, 0.2) is 0 Å². The second-order valence-electron chi connectivity index (χ2n) is 3.79. The standard InChI is InChI=1S/C11H13BrFNO/c12-9-2-1-3-10(13)11(9)14-6-4-8(15)5-7-14/h1-3,8,15H,4-7H2. The average molecular weight is 274 g/mol. The van der Waals surface area contributed by atoms with E-state index in [0.29, 0.717) is 31.6 Å². The number of hydrogen-bond acceptors (Lipinski definition) is 2. The average Bonchev–Trinajstić information content (AvgIpc) is 2.20. The van der Waals surface area contributed by atoms with Gasteiger partial charge in [-0.1, -0.05) is 6.07 Å². The smallest absolute Gasteiger partial charge is 0.147 e. The van der Waals surface area contributed by atoms with Crippen LogP contribution < -0.4 is 4.90 Å². The Balaban J connectivity index is 2.22. The van der Waals surface area contributed by atoms with Gasteiger partial charge in [-0.15, -0.1) is 0 Å². The predicted molar refractivity (Wildman–Crippen MR) is 61.6 cm³/mol. The van der Waals surface area contributed by atoms with E-state index in [4.69, 9.17) is 0 Å². The summed E-state index contributed by atoms with van der Waals surface area (Å²) in [4.78, 5) is 1.98. The highest BCUT2D eigenvalue weighted by Gasteiger charge is 2.21. The molecule has 1 aromatic rings. The maximum absolute atomic E-state index is 13.6. The zero-order valence-corrected chi connectivity index (χ0v) is 9.87. The predicted octanol–water partition coefficient (Wildman–Crippen LogP) is 2.55. The van der Waals surface area contributed by atoms with Crippen LogP contribution in [0.2, 0.25) is 0 Å². The number of piperidine rings is 1. The van der Waals surface area contributed by atoms with E-state index in [-0.39, 0.29) is 11.9 Å². The number of rotatable bonds is 1. The molecule has 0 bridgehead atoms. The van der Waals surface area contributed by atoms with E-state index in [0.717, 1.165) is 4.47 Å². The minimum atomic E-state index is -0.230. The van der Waals surface area contributed by atoms with E-state index in [1.54, 1.807) is 6.07 Å². The minimum absolute atomic E-state index is 0.208. The maximum atomic E-state index is 13.6. The summed E-state index contributed by atoms with van der Waals surface area (Å²) in [6.45, 7) is 1.42. The Kier molecular flexibility index (Phi) is 3.26. The summed E-state index contributed by atoms with van der Waals surface area (Å²) < 4.78 is 14.4. The summed E-state index contributed by atoms with van der Waals surface area (Å²) >= 11 is 3.35. The summed E-state index contributed by atoms with van der Waals surface area (Å²) in [5.74, 6) is -0.208. The maximum Gasteiger partial charge on any atom is 0.147 e. The summed E-state index contributed by atoms with van der Waals surface area (Å²) in [5.41, 5.74) is 0.615. The van der Waals surface area contributed by atoms with Gasteiger partial charge in [0.25, 0.3) is 0 Å². The first-order chi connectivity index (χ1) is 7.18. The molecule has 1 heterocycles. The molecule has 0 atom stereocenters. The van der Waals surface area contributed by atoms with Gasteiger partial charge in [0.1, 0.15) is 5.82 Å². The van der Waals surface area contributed by atoms with Crippen LogP contribution in [0.5, 0.6) is 0 Å². The Hall–Kier alpha value is -0.610. The third kappa shape index (κ3) is 2.32. The Bertz CT molecular complexity index is 330. The third-order valence-electron chi connectivity index (χ3n) is 2.72. The first-order valence-electron chi connectivity index (χ1n) is 5.05. The Morgan fingerprint density at radius 3 is 2.60 bits per heavy atom. The highest BCUT2D eigenvalue weighted by Crippen LogP contribution is 2.31. The molecular formula is C11H13BrFNO. The van der Waals surface area contributed by atoms with Crippen molar-refractivity contribution in [1.82, 2.24) is 0 Å². The molecule has 1 saturated heterocycles. The van der Waals surface area contributed by atoms with Crippen LogP contribution in [0.1, 0.15) is 12.8 Å². The molecule has 0 saturated carbocycles. The number of aliphatic hydroxyl groups is 1. The van der Waals surface area contributed by atoms with Gasteiger partial charge >= 0.3 is 0 Å². The molecule has 15 heavy (non-hydrogen) atoms. The fourth-order valence-corrected chi connectivity index (χ4v) is 2.47. The second kappa shape index (κ2) is 4.49. The van der Waals surface area contributed by atoms with E-state index < -0.39 is 0 Å². The van der Waals surface area contributed by atoms with Gasteiger partial charge in [0.2, 0.25) is 0 Å². The van der Waals surface area contributed by atoms with Crippen LogP contribution >= 0.6 is 15.9 Å². The third-order valence-corrected chi connectivity index (χ3v) is 3.36. The number of halogens is 2. The lowest BCUT2D eigenvalue weighted by atomic mass is 10.1. The minimum Gasteiger partial charge on any atom is -0.393 e. The van der Waals surface area contributed by atoms with Crippen LogP contribution in [-0.4, -0.2) is 24.3 Å². The van der Waals surface area contributed by atoms with E-state index in [1.807, 2.05) is 11.0 Å². The van der Waals surface area contributed by atoms with E-state index in [2.05, 4.69) is 15.9 Å². The van der Waals surface area contributed by atoms with Gasteiger partial charge in [-0.2, -0.15) is 0 Å². The van der Waals surface area contributed by atoms with Crippen molar-refractivity contribution in [3.8, 4) is 0 Å². The first kappa shape index (κ1) is 10.9. The van der Waals surface area contributed by atoms with Crippen LogP contribution in [0.25, 0.3) is 0 Å². The fraction of sp³-hybridized carbons (Fsp3) is 0.455. The van der Waals surface area contributed by atoms with Gasteiger partial charge in [-0.25, -0.2) is 4.39 Å². The van der Waals surface area contributed by atoms with Crippen molar-refractivity contribution in [3.63, 3.8) is 0 Å². The van der Waals surface area contributed by atoms with Crippen LogP contribution in [0.4, 0.5) is 10.1 Å². The highest BCUT2D eigenvalue weighted by molar-refractivity contribution is 9.10. The molecule has 0 unspecified atom stereocenters. The Morgan fingerprint density at radius 1 is 1.33 bits per heavy atom. The van der Waals surface area contributed by atoms with Crippen molar-refractivity contribution in [2.24, 2.45) is 0 Å². The molecule has 0 amide bonds. The van der Waals surface area contributed by atoms with Crippen molar-refractivity contribution in [2.75, 3.05) is 18.0 Å². The van der Waals surface area contributed by atoms with E-state index in [9.17, 15) is 9.50 Å². The number of aliphatic hydroxyl groups excluding tert-OH is 1. The molecule has 0 spiro atoms. The molecule has 0 aromatic heterocycles. The summed E-state index contributed by atoms with van der Waals surface area (Å²) in [7, 11) is 0. The first-order valence-corrected chi connectivity index (χ1v) is 5.85. The monoisotopic (exact) mass is 273 g/mol. The lowest BCUT2D eigenvalue weighted by molar-refractivity contribution is 0.145. The molecule has 4 heteroatoms. The van der Waals surface area contributed by atoms with E-state index >= 15 is 0 Å². The molecular weight excluding hydrogens is 261 g/mol. The molecule has 1 fully saturated rings. The van der Waals surface area contributed by atoms with Crippen LogP contribution in [0.3, 0.4) is 0 Å². The summed E-state index contributed by atoms with van der Waals surface area (Å²) in [6, 6.07) is 4.98. The number of para-hydroxylation sites is 1. The molecule has 82 valence electrons. The Labute approximate surface area is 96.8 Å². The topological polar surface area (TPSA) is 23.5 Å². The van der Waals surface area contributed by atoms with Crippen molar-refractivity contribution in [3.05, 3.63) is 28.5 Å². The van der Waals surface area contributed by atoms with Crippen molar-refractivity contribution in [1.29, 1.82) is 0 Å². The van der Waals surface area contributed by atoms with Gasteiger partial charge in [-0.05, 0) is 40.9 Å². The molecule has 1 N–H and O–H groups in total. The largest absolute Gasteiger partial charge is 0.393 e. The van der Waals surface area contributed by atoms with Gasteiger partial charge in [-0.3, -0.25) is 0 Å². The molecule has 1 aliphatic rings. The van der Waals surface area contributed by atoms with E-state index in [1.165, 1.54) is 6.07 Å². The molecule has 0 aliphatic carbocycles. The number of nitrogens with zero attached hydrogens (tertiary/aromatic N) is 1. The fourth-order valence-electron chi connectivity index (χ4n) is 1.88. The van der Waals surface area contributed by atoms with Gasteiger partial charge in [0, 0.05) is 17.6 Å². The zero-order chi connectivity index (χ0) is 10.8. The highest BCUT2D eigenvalue weighted by atomic mass is 79.9. The molecule has 2 nitrogen and oxygen atoms in total. The summed E-state index contributed by atoms with van der Waals surface area (Å²) in [6.07, 6.45) is 1.19. The van der Waals surface area contributed by atoms with Crippen LogP contribution in [0, 0.1) is 5.82 Å². The quantitative estimate of drug-likeness (QED) is 0.850. The van der Waals surface area contributed by atoms with Crippen LogP contribution in [-0.2, 0) is 0 Å². The SMILES string of the molecule is OC1CCN(c2c(F)cccc2Br)CC1. The zero-order valence-electron chi connectivity index (χ0n) is 8.29. The lowest BCUT2D eigenvalue weighted by Crippen LogP contribution is -2.36. The lowest BCUT2D eigenvalue weighted by Gasteiger charge is -2.32. The second-order valence-corrected chi connectivity index (χ2v) is 4.64. The van der Waals surface area contributed by atoms with Crippen molar-refractivity contribution >= 4 is 21.6 Å². The molecule has 1 aromatic carbocycles. The van der Waals surface area contributed by atoms with Crippen molar-refractivity contribution in [2.45, 2.75) is 18.9 Å².